The first kappa shape index (κ1) is 9.19. The summed E-state index contributed by atoms with van der Waals surface area (Å²) in [6, 6.07) is 0. The zero-order chi connectivity index (χ0) is 10.3. The van der Waals surface area contributed by atoms with Gasteiger partial charge in [-0.15, -0.1) is 0 Å². The van der Waals surface area contributed by atoms with E-state index in [1.54, 1.807) is 0 Å². The molecular formula is C11H13NO2. The number of amides is 2. The third-order valence-electron chi connectivity index (χ3n) is 2.96. The number of allylic oxidation sites excluding steroid dienone is 2. The Morgan fingerprint density at radius 3 is 2.79 bits per heavy atom. The highest BCUT2D eigenvalue weighted by atomic mass is 16.2. The molecule has 0 spiro atoms. The molecule has 0 bridgehead atoms. The fourth-order valence-electron chi connectivity index (χ4n) is 2.23. The molecule has 0 aromatic rings. The third kappa shape index (κ3) is 1.05. The van der Waals surface area contributed by atoms with Crippen LogP contribution in [0.2, 0.25) is 0 Å². The smallest absolute Gasteiger partial charge is 0.237 e. The second-order valence-electron chi connectivity index (χ2n) is 3.72. The normalized spacial score (nSPS) is 31.2. The minimum absolute atomic E-state index is 0.0343. The van der Waals surface area contributed by atoms with Crippen LogP contribution in [0.5, 0.6) is 0 Å². The van der Waals surface area contributed by atoms with Crippen molar-refractivity contribution >= 4 is 11.8 Å². The number of carbonyl (C=O) groups excluding carboxylic acids is 2. The van der Waals surface area contributed by atoms with E-state index in [9.17, 15) is 9.59 Å². The van der Waals surface area contributed by atoms with Crippen molar-refractivity contribution in [3.8, 4) is 0 Å². The molecule has 3 heteroatoms. The van der Waals surface area contributed by atoms with E-state index < -0.39 is 0 Å². The van der Waals surface area contributed by atoms with Gasteiger partial charge in [-0.3, -0.25) is 14.5 Å². The SMILES string of the molecule is C=C1C=CCC2C(=O)N(CC)C(=O)C12. The maximum atomic E-state index is 11.8. The fourth-order valence-corrected chi connectivity index (χ4v) is 2.23. The van der Waals surface area contributed by atoms with E-state index in [-0.39, 0.29) is 23.7 Å². The molecule has 3 nitrogen and oxygen atoms in total. The van der Waals surface area contributed by atoms with Crippen LogP contribution >= 0.6 is 0 Å². The van der Waals surface area contributed by atoms with Crippen LogP contribution in [0.4, 0.5) is 0 Å². The summed E-state index contributed by atoms with van der Waals surface area (Å²) in [6.07, 6.45) is 4.45. The van der Waals surface area contributed by atoms with Crippen molar-refractivity contribution in [2.75, 3.05) is 6.54 Å². The standard InChI is InChI=1S/C11H13NO2/c1-3-12-10(13)8-6-4-5-7(2)9(8)11(12)14/h4-5,8-9H,2-3,6H2,1H3. The highest BCUT2D eigenvalue weighted by molar-refractivity contribution is 6.07. The predicted octanol–water partition coefficient (Wildman–Crippen LogP) is 1.12. The van der Waals surface area contributed by atoms with Gasteiger partial charge in [0.05, 0.1) is 11.8 Å². The largest absolute Gasteiger partial charge is 0.282 e. The molecule has 1 saturated heterocycles. The molecule has 1 aliphatic heterocycles. The molecule has 2 rings (SSSR count). The summed E-state index contributed by atoms with van der Waals surface area (Å²) in [5.74, 6) is -0.572. The molecule has 1 aliphatic carbocycles. The van der Waals surface area contributed by atoms with Gasteiger partial charge in [0.1, 0.15) is 0 Å². The van der Waals surface area contributed by atoms with Crippen molar-refractivity contribution in [2.45, 2.75) is 13.3 Å². The lowest BCUT2D eigenvalue weighted by Gasteiger charge is -2.17. The lowest BCUT2D eigenvalue weighted by atomic mass is 9.82. The van der Waals surface area contributed by atoms with E-state index in [1.165, 1.54) is 4.90 Å². The number of carbonyl (C=O) groups is 2. The van der Waals surface area contributed by atoms with E-state index >= 15 is 0 Å². The Morgan fingerprint density at radius 1 is 1.50 bits per heavy atom. The number of imide groups is 1. The summed E-state index contributed by atoms with van der Waals surface area (Å²) in [6.45, 7) is 6.12. The number of nitrogens with zero attached hydrogens (tertiary/aromatic N) is 1. The Kier molecular flexibility index (Phi) is 2.02. The van der Waals surface area contributed by atoms with E-state index in [0.29, 0.717) is 13.0 Å². The summed E-state index contributed by atoms with van der Waals surface area (Å²) in [5.41, 5.74) is 0.774. The molecule has 0 aromatic carbocycles. The van der Waals surface area contributed by atoms with Crippen LogP contribution in [0, 0.1) is 11.8 Å². The van der Waals surface area contributed by atoms with Crippen LogP contribution in [0.1, 0.15) is 13.3 Å². The quantitative estimate of drug-likeness (QED) is 0.582. The summed E-state index contributed by atoms with van der Waals surface area (Å²) in [4.78, 5) is 24.9. The number of hydrogen-bond acceptors (Lipinski definition) is 2. The van der Waals surface area contributed by atoms with Crippen LogP contribution in [0.3, 0.4) is 0 Å². The first-order chi connectivity index (χ1) is 6.66. The lowest BCUT2D eigenvalue weighted by Crippen LogP contribution is -2.30. The third-order valence-corrected chi connectivity index (χ3v) is 2.96. The molecule has 14 heavy (non-hydrogen) atoms. The van der Waals surface area contributed by atoms with E-state index in [1.807, 2.05) is 19.1 Å². The highest BCUT2D eigenvalue weighted by Gasteiger charge is 2.47. The highest BCUT2D eigenvalue weighted by Crippen LogP contribution is 2.37. The second-order valence-corrected chi connectivity index (χ2v) is 3.72. The topological polar surface area (TPSA) is 37.4 Å². The van der Waals surface area contributed by atoms with E-state index in [2.05, 4.69) is 6.58 Å². The molecular weight excluding hydrogens is 178 g/mol. The van der Waals surface area contributed by atoms with Crippen LogP contribution < -0.4 is 0 Å². The minimum atomic E-state index is -0.285. The van der Waals surface area contributed by atoms with E-state index in [0.717, 1.165) is 5.57 Å². The summed E-state index contributed by atoms with van der Waals surface area (Å²) < 4.78 is 0. The Bertz CT molecular complexity index is 343. The van der Waals surface area contributed by atoms with Crippen molar-refractivity contribution in [1.82, 2.24) is 4.90 Å². The zero-order valence-corrected chi connectivity index (χ0v) is 8.19. The van der Waals surface area contributed by atoms with Gasteiger partial charge in [-0.05, 0) is 18.9 Å². The molecule has 2 unspecified atom stereocenters. The first-order valence-electron chi connectivity index (χ1n) is 4.87. The maximum Gasteiger partial charge on any atom is 0.237 e. The van der Waals surface area contributed by atoms with Crippen molar-refractivity contribution in [2.24, 2.45) is 11.8 Å². The Morgan fingerprint density at radius 2 is 2.21 bits per heavy atom. The summed E-state index contributed by atoms with van der Waals surface area (Å²) >= 11 is 0. The summed E-state index contributed by atoms with van der Waals surface area (Å²) in [7, 11) is 0. The van der Waals surface area contributed by atoms with Crippen molar-refractivity contribution in [3.63, 3.8) is 0 Å². The Balaban J connectivity index is 2.37. The van der Waals surface area contributed by atoms with Gasteiger partial charge in [-0.25, -0.2) is 0 Å². The minimum Gasteiger partial charge on any atom is -0.282 e. The molecule has 0 aromatic heterocycles. The van der Waals surface area contributed by atoms with Crippen molar-refractivity contribution < 1.29 is 9.59 Å². The van der Waals surface area contributed by atoms with Gasteiger partial charge in [0.15, 0.2) is 0 Å². The zero-order valence-electron chi connectivity index (χ0n) is 8.19. The number of hydrogen-bond donors (Lipinski definition) is 0. The van der Waals surface area contributed by atoms with Gasteiger partial charge in [-0.2, -0.15) is 0 Å². The van der Waals surface area contributed by atoms with E-state index in [4.69, 9.17) is 0 Å². The van der Waals surface area contributed by atoms with Crippen LogP contribution in [-0.4, -0.2) is 23.3 Å². The summed E-state index contributed by atoms with van der Waals surface area (Å²) in [5, 5.41) is 0. The van der Waals surface area contributed by atoms with Crippen molar-refractivity contribution in [1.29, 1.82) is 0 Å². The number of likely N-dealkylation sites (tertiary alicyclic amines) is 1. The molecule has 0 radical (unpaired) electrons. The average Bonchev–Trinajstić information content (AvgIpc) is 2.41. The predicted molar refractivity (Wildman–Crippen MR) is 52.3 cm³/mol. The monoisotopic (exact) mass is 191 g/mol. The molecule has 0 saturated carbocycles. The van der Waals surface area contributed by atoms with Gasteiger partial charge < -0.3 is 0 Å². The molecule has 2 aliphatic rings. The van der Waals surface area contributed by atoms with Crippen molar-refractivity contribution in [3.05, 3.63) is 24.3 Å². The number of fused-ring (bicyclic) bond motifs is 1. The molecule has 2 amide bonds. The number of rotatable bonds is 1. The molecule has 0 N–H and O–H groups in total. The first-order valence-corrected chi connectivity index (χ1v) is 4.87. The van der Waals surface area contributed by atoms with Gasteiger partial charge >= 0.3 is 0 Å². The molecule has 1 heterocycles. The fraction of sp³-hybridized carbons (Fsp3) is 0.455. The maximum absolute atomic E-state index is 11.8. The van der Waals surface area contributed by atoms with Gasteiger partial charge in [0.2, 0.25) is 11.8 Å². The molecule has 1 fully saturated rings. The van der Waals surface area contributed by atoms with Crippen LogP contribution in [-0.2, 0) is 9.59 Å². The average molecular weight is 191 g/mol. The Labute approximate surface area is 83.1 Å². The van der Waals surface area contributed by atoms with Gasteiger partial charge in [0.25, 0.3) is 0 Å². The van der Waals surface area contributed by atoms with Crippen LogP contribution in [0.15, 0.2) is 24.3 Å². The lowest BCUT2D eigenvalue weighted by molar-refractivity contribution is -0.139. The molecule has 2 atom stereocenters. The Hall–Kier alpha value is -1.38. The molecule has 74 valence electrons. The van der Waals surface area contributed by atoms with Gasteiger partial charge in [0, 0.05) is 6.54 Å². The second kappa shape index (κ2) is 3.08. The van der Waals surface area contributed by atoms with Gasteiger partial charge in [-0.1, -0.05) is 18.7 Å². The van der Waals surface area contributed by atoms with Crippen LogP contribution in [0.25, 0.3) is 0 Å².